The lowest BCUT2D eigenvalue weighted by Gasteiger charge is -2.31. The van der Waals surface area contributed by atoms with Crippen LogP contribution in [-0.2, 0) is 9.84 Å². The molecular formula is C21H17Cl2N3O4S. The lowest BCUT2D eigenvalue weighted by Crippen LogP contribution is -2.40. The van der Waals surface area contributed by atoms with Gasteiger partial charge >= 0.3 is 0 Å². The van der Waals surface area contributed by atoms with E-state index in [0.29, 0.717) is 38.9 Å². The number of carbonyl (C=O) groups is 1. The van der Waals surface area contributed by atoms with Gasteiger partial charge < -0.3 is 10.0 Å². The number of halogens is 2. The SMILES string of the molecule is O=C1c2[nH]nc(-c3ccccc3O)c2[C@@H](c2ccc(Cl)c(Cl)c2)N1[C@H]1CCS(=O)(=O)C1. The zero-order valence-electron chi connectivity index (χ0n) is 16.0. The predicted octanol–water partition coefficient (Wildman–Crippen LogP) is 3.82. The first kappa shape index (κ1) is 20.4. The molecule has 1 amide bonds. The highest BCUT2D eigenvalue weighted by Gasteiger charge is 2.48. The molecule has 0 unspecified atom stereocenters. The average Bonchev–Trinajstić information content (AvgIpc) is 3.38. The third-order valence-electron chi connectivity index (χ3n) is 5.82. The number of aromatic hydroxyl groups is 1. The van der Waals surface area contributed by atoms with Gasteiger partial charge in [0.2, 0.25) is 0 Å². The molecule has 0 bridgehead atoms. The van der Waals surface area contributed by atoms with Crippen LogP contribution in [-0.4, -0.2) is 52.1 Å². The fourth-order valence-electron chi connectivity index (χ4n) is 4.43. The molecule has 2 aliphatic heterocycles. The Labute approximate surface area is 188 Å². The number of phenolic OH excluding ortho intramolecular Hbond substituents is 1. The molecule has 160 valence electrons. The molecule has 7 nitrogen and oxygen atoms in total. The van der Waals surface area contributed by atoms with E-state index in [1.807, 2.05) is 0 Å². The van der Waals surface area contributed by atoms with Crippen molar-refractivity contribution in [2.45, 2.75) is 18.5 Å². The second-order valence-corrected chi connectivity index (χ2v) is 10.8. The van der Waals surface area contributed by atoms with Gasteiger partial charge in [-0.15, -0.1) is 0 Å². The van der Waals surface area contributed by atoms with Gasteiger partial charge in [-0.3, -0.25) is 9.89 Å². The Hall–Kier alpha value is -2.55. The van der Waals surface area contributed by atoms with Crippen molar-refractivity contribution in [2.75, 3.05) is 11.5 Å². The van der Waals surface area contributed by atoms with Gasteiger partial charge in [-0.25, -0.2) is 8.42 Å². The highest BCUT2D eigenvalue weighted by Crippen LogP contribution is 2.47. The Morgan fingerprint density at radius 2 is 1.90 bits per heavy atom. The van der Waals surface area contributed by atoms with Gasteiger partial charge in [0.25, 0.3) is 5.91 Å². The average molecular weight is 478 g/mol. The summed E-state index contributed by atoms with van der Waals surface area (Å²) in [6.45, 7) is 0. The van der Waals surface area contributed by atoms with Gasteiger partial charge in [-0.2, -0.15) is 5.10 Å². The molecule has 10 heteroatoms. The van der Waals surface area contributed by atoms with E-state index in [2.05, 4.69) is 10.2 Å². The molecule has 3 heterocycles. The van der Waals surface area contributed by atoms with Crippen LogP contribution in [0.15, 0.2) is 42.5 Å². The molecule has 1 aromatic heterocycles. The Morgan fingerprint density at radius 3 is 2.58 bits per heavy atom. The van der Waals surface area contributed by atoms with Crippen LogP contribution in [0.1, 0.15) is 34.1 Å². The summed E-state index contributed by atoms with van der Waals surface area (Å²) in [6.07, 6.45) is 0.357. The zero-order chi connectivity index (χ0) is 21.9. The Morgan fingerprint density at radius 1 is 1.13 bits per heavy atom. The summed E-state index contributed by atoms with van der Waals surface area (Å²) in [4.78, 5) is 15.0. The minimum absolute atomic E-state index is 0.0269. The van der Waals surface area contributed by atoms with Crippen molar-refractivity contribution in [3.05, 3.63) is 69.3 Å². The van der Waals surface area contributed by atoms with E-state index < -0.39 is 21.9 Å². The maximum absolute atomic E-state index is 13.4. The van der Waals surface area contributed by atoms with Crippen LogP contribution in [0.25, 0.3) is 11.3 Å². The van der Waals surface area contributed by atoms with Gasteiger partial charge in [0, 0.05) is 17.2 Å². The molecule has 2 aromatic carbocycles. The maximum atomic E-state index is 13.4. The number of fused-ring (bicyclic) bond motifs is 1. The fourth-order valence-corrected chi connectivity index (χ4v) is 6.44. The first-order valence-electron chi connectivity index (χ1n) is 9.61. The van der Waals surface area contributed by atoms with Gasteiger partial charge in [-0.05, 0) is 36.2 Å². The van der Waals surface area contributed by atoms with Crippen molar-refractivity contribution >= 4 is 38.9 Å². The van der Waals surface area contributed by atoms with Crippen LogP contribution in [0.3, 0.4) is 0 Å². The summed E-state index contributed by atoms with van der Waals surface area (Å²) in [7, 11) is -3.22. The summed E-state index contributed by atoms with van der Waals surface area (Å²) in [6, 6.07) is 10.7. The van der Waals surface area contributed by atoms with Crippen LogP contribution in [0.4, 0.5) is 0 Å². The molecule has 0 radical (unpaired) electrons. The van der Waals surface area contributed by atoms with Crippen LogP contribution in [0.5, 0.6) is 5.75 Å². The van der Waals surface area contributed by atoms with Gasteiger partial charge in [0.15, 0.2) is 9.84 Å². The highest BCUT2D eigenvalue weighted by atomic mass is 35.5. The van der Waals surface area contributed by atoms with Gasteiger partial charge in [0.05, 0.1) is 27.6 Å². The van der Waals surface area contributed by atoms with Gasteiger partial charge in [0.1, 0.15) is 17.1 Å². The third-order valence-corrected chi connectivity index (χ3v) is 8.31. The molecule has 0 spiro atoms. The number of aromatic amines is 1. The molecular weight excluding hydrogens is 461 g/mol. The number of sulfone groups is 1. The van der Waals surface area contributed by atoms with E-state index >= 15 is 0 Å². The third kappa shape index (κ3) is 3.30. The number of hydrogen-bond donors (Lipinski definition) is 2. The van der Waals surface area contributed by atoms with Crippen molar-refractivity contribution in [2.24, 2.45) is 0 Å². The maximum Gasteiger partial charge on any atom is 0.273 e. The van der Waals surface area contributed by atoms with E-state index in [-0.39, 0.29) is 28.9 Å². The monoisotopic (exact) mass is 477 g/mol. The van der Waals surface area contributed by atoms with E-state index in [0.717, 1.165) is 0 Å². The lowest BCUT2D eigenvalue weighted by molar-refractivity contribution is 0.0678. The number of carbonyl (C=O) groups excluding carboxylic acids is 1. The second kappa shape index (κ2) is 7.25. The molecule has 0 saturated carbocycles. The van der Waals surface area contributed by atoms with Crippen molar-refractivity contribution in [3.8, 4) is 17.0 Å². The van der Waals surface area contributed by atoms with Crippen LogP contribution < -0.4 is 0 Å². The number of hydrogen-bond acceptors (Lipinski definition) is 5. The van der Waals surface area contributed by atoms with Crippen LogP contribution in [0.2, 0.25) is 10.0 Å². The summed E-state index contributed by atoms with van der Waals surface area (Å²) < 4.78 is 24.3. The Balaban J connectivity index is 1.71. The van der Waals surface area contributed by atoms with E-state index in [4.69, 9.17) is 23.2 Å². The molecule has 1 saturated heterocycles. The first-order valence-corrected chi connectivity index (χ1v) is 12.2. The minimum Gasteiger partial charge on any atom is -0.507 e. The van der Waals surface area contributed by atoms with Crippen molar-refractivity contribution in [1.29, 1.82) is 0 Å². The smallest absolute Gasteiger partial charge is 0.273 e. The molecule has 3 aromatic rings. The molecule has 2 N–H and O–H groups in total. The molecule has 31 heavy (non-hydrogen) atoms. The quantitative estimate of drug-likeness (QED) is 0.596. The molecule has 1 fully saturated rings. The fraction of sp³-hybridized carbons (Fsp3) is 0.238. The summed E-state index contributed by atoms with van der Waals surface area (Å²) in [5.74, 6) is -0.366. The Kier molecular flexibility index (Phi) is 4.76. The first-order chi connectivity index (χ1) is 14.8. The standard InChI is InChI=1S/C21H17Cl2N3O4S/c22-14-6-5-11(9-15(14)23)20-17-18(13-3-1-2-4-16(13)27)24-25-19(17)21(28)26(20)12-7-8-31(29,30)10-12/h1-6,9,12,20,27H,7-8,10H2,(H,24,25)/t12-,20+/m0/s1. The molecule has 2 atom stereocenters. The molecule has 0 aliphatic carbocycles. The van der Waals surface area contributed by atoms with Crippen LogP contribution >= 0.6 is 23.2 Å². The van der Waals surface area contributed by atoms with E-state index in [1.54, 1.807) is 47.4 Å². The topological polar surface area (TPSA) is 103 Å². The Bertz CT molecular complexity index is 1320. The largest absolute Gasteiger partial charge is 0.507 e. The molecule has 2 aliphatic rings. The second-order valence-electron chi connectivity index (χ2n) is 7.72. The van der Waals surface area contributed by atoms with Crippen LogP contribution in [0, 0.1) is 0 Å². The number of benzene rings is 2. The minimum atomic E-state index is -3.22. The van der Waals surface area contributed by atoms with Crippen molar-refractivity contribution in [1.82, 2.24) is 15.1 Å². The van der Waals surface area contributed by atoms with E-state index in [9.17, 15) is 18.3 Å². The number of amides is 1. The number of aromatic nitrogens is 2. The predicted molar refractivity (Wildman–Crippen MR) is 117 cm³/mol. The normalized spacial score (nSPS) is 22.1. The molecule has 5 rings (SSSR count). The van der Waals surface area contributed by atoms with Crippen molar-refractivity contribution < 1.29 is 18.3 Å². The van der Waals surface area contributed by atoms with Gasteiger partial charge in [-0.1, -0.05) is 41.4 Å². The number of phenols is 1. The summed E-state index contributed by atoms with van der Waals surface area (Å²) in [5.41, 5.74) is 2.44. The number of H-pyrrole nitrogens is 1. The lowest BCUT2D eigenvalue weighted by atomic mass is 9.95. The number of para-hydroxylation sites is 1. The summed E-state index contributed by atoms with van der Waals surface area (Å²) >= 11 is 12.4. The number of nitrogens with one attached hydrogen (secondary N) is 1. The highest BCUT2D eigenvalue weighted by molar-refractivity contribution is 7.91. The summed E-state index contributed by atoms with van der Waals surface area (Å²) in [5, 5.41) is 18.2. The van der Waals surface area contributed by atoms with E-state index in [1.165, 1.54) is 0 Å². The number of rotatable bonds is 3. The van der Waals surface area contributed by atoms with Crippen molar-refractivity contribution in [3.63, 3.8) is 0 Å². The number of nitrogens with zero attached hydrogens (tertiary/aromatic N) is 2. The zero-order valence-corrected chi connectivity index (χ0v) is 18.4.